The average Bonchev–Trinajstić information content (AvgIpc) is 2.09. The van der Waals surface area contributed by atoms with E-state index in [1.807, 2.05) is 6.92 Å². The Morgan fingerprint density at radius 1 is 1.27 bits per heavy atom. The van der Waals surface area contributed by atoms with E-state index in [2.05, 4.69) is 0 Å². The Morgan fingerprint density at radius 3 is 2.07 bits per heavy atom. The molecule has 0 aliphatic rings. The highest BCUT2D eigenvalue weighted by Gasteiger charge is 2.43. The van der Waals surface area contributed by atoms with Crippen LogP contribution in [0.3, 0.4) is 0 Å². The van der Waals surface area contributed by atoms with Gasteiger partial charge in [0.1, 0.15) is 6.04 Å². The van der Waals surface area contributed by atoms with Gasteiger partial charge in [-0.3, -0.25) is 4.90 Å². The molecule has 0 rings (SSSR count). The second-order valence-corrected chi connectivity index (χ2v) is 3.97. The summed E-state index contributed by atoms with van der Waals surface area (Å²) in [5.74, 6) is 0. The number of alkyl halides is 3. The zero-order chi connectivity index (χ0) is 12.1. The van der Waals surface area contributed by atoms with Crippen LogP contribution in [-0.2, 0) is 0 Å². The fraction of sp³-hybridized carbons (Fsp3) is 1.00. The van der Waals surface area contributed by atoms with Crippen LogP contribution >= 0.6 is 0 Å². The molecule has 0 saturated carbocycles. The molecule has 0 amide bonds. The Kier molecular flexibility index (Phi) is 6.20. The lowest BCUT2D eigenvalue weighted by molar-refractivity contribution is -0.189. The standard InChI is InChI=1S/C10H21F3N2/c1-4-7-15(8(2)3)9(5-6-14)10(11,12)13/h8-9H,4-7,14H2,1-3H3. The molecule has 0 aliphatic carbocycles. The molecule has 0 spiro atoms. The van der Waals surface area contributed by atoms with E-state index in [9.17, 15) is 13.2 Å². The van der Waals surface area contributed by atoms with Gasteiger partial charge in [-0.25, -0.2) is 0 Å². The molecule has 0 aromatic heterocycles. The van der Waals surface area contributed by atoms with Gasteiger partial charge in [-0.1, -0.05) is 6.92 Å². The van der Waals surface area contributed by atoms with Gasteiger partial charge in [0.05, 0.1) is 0 Å². The third-order valence-electron chi connectivity index (χ3n) is 2.36. The van der Waals surface area contributed by atoms with Crippen molar-refractivity contribution in [2.45, 2.75) is 51.9 Å². The molecule has 0 heterocycles. The molecule has 1 atom stereocenters. The average molecular weight is 226 g/mol. The highest BCUT2D eigenvalue weighted by molar-refractivity contribution is 4.81. The zero-order valence-electron chi connectivity index (χ0n) is 9.64. The van der Waals surface area contributed by atoms with Crippen LogP contribution in [0.2, 0.25) is 0 Å². The summed E-state index contributed by atoms with van der Waals surface area (Å²) in [5.41, 5.74) is 5.23. The second kappa shape index (κ2) is 6.33. The molecule has 2 N–H and O–H groups in total. The molecule has 2 nitrogen and oxygen atoms in total. The van der Waals surface area contributed by atoms with Crippen molar-refractivity contribution in [3.05, 3.63) is 0 Å². The van der Waals surface area contributed by atoms with Gasteiger partial charge in [-0.05, 0) is 39.8 Å². The molecule has 92 valence electrons. The summed E-state index contributed by atoms with van der Waals surface area (Å²) in [7, 11) is 0. The Bertz CT molecular complexity index is 169. The highest BCUT2D eigenvalue weighted by Crippen LogP contribution is 2.28. The third-order valence-corrected chi connectivity index (χ3v) is 2.36. The van der Waals surface area contributed by atoms with E-state index in [0.29, 0.717) is 6.54 Å². The number of hydrogen-bond donors (Lipinski definition) is 1. The smallest absolute Gasteiger partial charge is 0.330 e. The number of hydrogen-bond acceptors (Lipinski definition) is 2. The van der Waals surface area contributed by atoms with Crippen molar-refractivity contribution in [2.24, 2.45) is 5.73 Å². The Hall–Kier alpha value is -0.290. The van der Waals surface area contributed by atoms with Crippen LogP contribution in [-0.4, -0.2) is 36.2 Å². The fourth-order valence-electron chi connectivity index (χ4n) is 1.71. The normalized spacial score (nSPS) is 15.0. The van der Waals surface area contributed by atoms with E-state index in [-0.39, 0.29) is 19.0 Å². The molecular weight excluding hydrogens is 205 g/mol. The monoisotopic (exact) mass is 226 g/mol. The van der Waals surface area contributed by atoms with Gasteiger partial charge in [0, 0.05) is 6.04 Å². The maximum Gasteiger partial charge on any atom is 0.404 e. The van der Waals surface area contributed by atoms with Crippen molar-refractivity contribution in [2.75, 3.05) is 13.1 Å². The quantitative estimate of drug-likeness (QED) is 0.753. The SMILES string of the molecule is CCCN(C(C)C)C(CCN)C(F)(F)F. The highest BCUT2D eigenvalue weighted by atomic mass is 19.4. The first-order valence-electron chi connectivity index (χ1n) is 5.37. The van der Waals surface area contributed by atoms with E-state index in [4.69, 9.17) is 5.73 Å². The summed E-state index contributed by atoms with van der Waals surface area (Å²) in [6.07, 6.45) is -3.49. The molecule has 0 aromatic carbocycles. The number of nitrogens with zero attached hydrogens (tertiary/aromatic N) is 1. The van der Waals surface area contributed by atoms with Gasteiger partial charge in [-0.15, -0.1) is 0 Å². The van der Waals surface area contributed by atoms with Crippen LogP contribution in [0.4, 0.5) is 13.2 Å². The van der Waals surface area contributed by atoms with Crippen LogP contribution in [0.15, 0.2) is 0 Å². The number of rotatable bonds is 6. The van der Waals surface area contributed by atoms with E-state index in [0.717, 1.165) is 6.42 Å². The first kappa shape index (κ1) is 14.7. The molecule has 1 unspecified atom stereocenters. The molecular formula is C10H21F3N2. The Labute approximate surface area is 89.6 Å². The van der Waals surface area contributed by atoms with Gasteiger partial charge >= 0.3 is 6.18 Å². The molecule has 0 radical (unpaired) electrons. The molecule has 0 saturated heterocycles. The molecule has 15 heavy (non-hydrogen) atoms. The van der Waals surface area contributed by atoms with Crippen molar-refractivity contribution in [3.8, 4) is 0 Å². The van der Waals surface area contributed by atoms with Gasteiger partial charge < -0.3 is 5.73 Å². The van der Waals surface area contributed by atoms with Crippen molar-refractivity contribution < 1.29 is 13.2 Å². The minimum atomic E-state index is -4.18. The first-order chi connectivity index (χ1) is 6.84. The molecule has 0 aromatic rings. The number of nitrogens with two attached hydrogens (primary N) is 1. The van der Waals surface area contributed by atoms with Crippen LogP contribution in [0.1, 0.15) is 33.6 Å². The Balaban J connectivity index is 4.67. The summed E-state index contributed by atoms with van der Waals surface area (Å²) in [6, 6.07) is -1.51. The Morgan fingerprint density at radius 2 is 1.80 bits per heavy atom. The van der Waals surface area contributed by atoms with E-state index < -0.39 is 12.2 Å². The lowest BCUT2D eigenvalue weighted by atomic mass is 10.1. The van der Waals surface area contributed by atoms with Crippen LogP contribution in [0.25, 0.3) is 0 Å². The minimum Gasteiger partial charge on any atom is -0.330 e. The molecule has 0 aliphatic heterocycles. The van der Waals surface area contributed by atoms with Gasteiger partial charge in [0.25, 0.3) is 0 Å². The van der Waals surface area contributed by atoms with Gasteiger partial charge in [0.2, 0.25) is 0 Å². The van der Waals surface area contributed by atoms with E-state index >= 15 is 0 Å². The number of halogens is 3. The van der Waals surface area contributed by atoms with Crippen LogP contribution < -0.4 is 5.73 Å². The van der Waals surface area contributed by atoms with Crippen LogP contribution in [0, 0.1) is 0 Å². The predicted octanol–water partition coefficient (Wildman–Crippen LogP) is 2.39. The summed E-state index contributed by atoms with van der Waals surface area (Å²) >= 11 is 0. The lowest BCUT2D eigenvalue weighted by Crippen LogP contribution is -2.50. The van der Waals surface area contributed by atoms with Crippen molar-refractivity contribution in [3.63, 3.8) is 0 Å². The first-order valence-corrected chi connectivity index (χ1v) is 5.37. The van der Waals surface area contributed by atoms with Gasteiger partial charge in [-0.2, -0.15) is 13.2 Å². The summed E-state index contributed by atoms with van der Waals surface area (Å²) in [6.45, 7) is 5.97. The van der Waals surface area contributed by atoms with E-state index in [1.165, 1.54) is 4.90 Å². The van der Waals surface area contributed by atoms with Crippen molar-refractivity contribution in [1.29, 1.82) is 0 Å². The second-order valence-electron chi connectivity index (χ2n) is 3.97. The summed E-state index contributed by atoms with van der Waals surface area (Å²) < 4.78 is 38.2. The van der Waals surface area contributed by atoms with Crippen molar-refractivity contribution >= 4 is 0 Å². The maximum atomic E-state index is 12.7. The lowest BCUT2D eigenvalue weighted by Gasteiger charge is -2.35. The molecule has 5 heteroatoms. The predicted molar refractivity (Wildman–Crippen MR) is 55.6 cm³/mol. The maximum absolute atomic E-state index is 12.7. The molecule has 0 bridgehead atoms. The van der Waals surface area contributed by atoms with Crippen molar-refractivity contribution in [1.82, 2.24) is 4.90 Å². The minimum absolute atomic E-state index is 0.0261. The topological polar surface area (TPSA) is 29.3 Å². The van der Waals surface area contributed by atoms with E-state index in [1.54, 1.807) is 13.8 Å². The third kappa shape index (κ3) is 4.84. The molecule has 0 fully saturated rings. The summed E-state index contributed by atoms with van der Waals surface area (Å²) in [4.78, 5) is 1.48. The fourth-order valence-corrected chi connectivity index (χ4v) is 1.71. The van der Waals surface area contributed by atoms with Crippen LogP contribution in [0.5, 0.6) is 0 Å². The summed E-state index contributed by atoms with van der Waals surface area (Å²) in [5, 5.41) is 0. The zero-order valence-corrected chi connectivity index (χ0v) is 9.64. The van der Waals surface area contributed by atoms with Gasteiger partial charge in [0.15, 0.2) is 0 Å². The largest absolute Gasteiger partial charge is 0.404 e.